The summed E-state index contributed by atoms with van der Waals surface area (Å²) in [5.74, 6) is 0.779. The van der Waals surface area contributed by atoms with E-state index in [0.717, 1.165) is 4.31 Å². The van der Waals surface area contributed by atoms with Crippen LogP contribution >= 0.6 is 0 Å². The zero-order valence-corrected chi connectivity index (χ0v) is 13.8. The molecule has 0 aliphatic rings. The number of nitrogens with zero attached hydrogens (tertiary/aromatic N) is 4. The van der Waals surface area contributed by atoms with E-state index in [1.165, 1.54) is 14.2 Å². The van der Waals surface area contributed by atoms with Crippen molar-refractivity contribution in [2.75, 3.05) is 14.2 Å². The van der Waals surface area contributed by atoms with Gasteiger partial charge in [-0.25, -0.2) is 8.42 Å². The smallest absolute Gasteiger partial charge is 0.248 e. The number of aryl methyl sites for hydroxylation is 2. The van der Waals surface area contributed by atoms with E-state index in [1.807, 2.05) is 0 Å². The van der Waals surface area contributed by atoms with Gasteiger partial charge in [-0.2, -0.15) is 9.29 Å². The van der Waals surface area contributed by atoms with Crippen molar-refractivity contribution in [1.29, 1.82) is 0 Å². The highest BCUT2D eigenvalue weighted by atomic mass is 32.2. The van der Waals surface area contributed by atoms with Crippen LogP contribution in [0.1, 0.15) is 36.2 Å². The van der Waals surface area contributed by atoms with Gasteiger partial charge in [-0.15, -0.1) is 0 Å². The van der Waals surface area contributed by atoms with Crippen LogP contribution in [0.4, 0.5) is 0 Å². The molecule has 0 unspecified atom stereocenters. The van der Waals surface area contributed by atoms with Crippen LogP contribution in [0.3, 0.4) is 0 Å². The normalized spacial score (nSPS) is 13.7. The molecule has 2 heterocycles. The third-order valence-corrected chi connectivity index (χ3v) is 5.24. The van der Waals surface area contributed by atoms with Gasteiger partial charge in [0.15, 0.2) is 11.6 Å². The lowest BCUT2D eigenvalue weighted by Gasteiger charge is -2.14. The van der Waals surface area contributed by atoms with E-state index >= 15 is 0 Å². The fourth-order valence-corrected chi connectivity index (χ4v) is 3.28. The highest BCUT2D eigenvalue weighted by molar-refractivity contribution is 7.89. The summed E-state index contributed by atoms with van der Waals surface area (Å²) in [6.45, 7) is 4.82. The molecule has 22 heavy (non-hydrogen) atoms. The molecule has 122 valence electrons. The van der Waals surface area contributed by atoms with E-state index in [-0.39, 0.29) is 29.2 Å². The van der Waals surface area contributed by atoms with Crippen LogP contribution in [0.5, 0.6) is 0 Å². The van der Waals surface area contributed by atoms with E-state index in [0.29, 0.717) is 11.5 Å². The third-order valence-electron chi connectivity index (χ3n) is 3.20. The first-order valence-corrected chi connectivity index (χ1v) is 7.95. The molecule has 0 aliphatic heterocycles. The first-order valence-electron chi connectivity index (χ1n) is 6.51. The van der Waals surface area contributed by atoms with Crippen molar-refractivity contribution in [2.45, 2.75) is 38.3 Å². The summed E-state index contributed by atoms with van der Waals surface area (Å²) in [7, 11) is -0.810. The summed E-state index contributed by atoms with van der Waals surface area (Å²) in [4.78, 5) is 4.17. The topological polar surface area (TPSA) is 112 Å². The molecule has 9 nitrogen and oxygen atoms in total. The van der Waals surface area contributed by atoms with Crippen LogP contribution in [-0.4, -0.2) is 42.2 Å². The minimum absolute atomic E-state index is 0.0556. The van der Waals surface area contributed by atoms with Crippen LogP contribution < -0.4 is 0 Å². The number of sulfonamides is 1. The third kappa shape index (κ3) is 3.03. The van der Waals surface area contributed by atoms with Crippen molar-refractivity contribution in [1.82, 2.24) is 19.6 Å². The van der Waals surface area contributed by atoms with Gasteiger partial charge >= 0.3 is 0 Å². The van der Waals surface area contributed by atoms with Gasteiger partial charge in [0.05, 0.1) is 6.54 Å². The Bertz CT molecular complexity index is 732. The second-order valence-corrected chi connectivity index (χ2v) is 6.82. The Morgan fingerprint density at radius 1 is 1.27 bits per heavy atom. The molecule has 10 heteroatoms. The van der Waals surface area contributed by atoms with Gasteiger partial charge < -0.3 is 13.8 Å². The molecule has 2 rings (SSSR count). The van der Waals surface area contributed by atoms with Gasteiger partial charge in [0.1, 0.15) is 16.7 Å². The molecular weight excluding hydrogens is 312 g/mol. The molecule has 0 N–H and O–H groups in total. The Morgan fingerprint density at radius 2 is 1.95 bits per heavy atom. The Morgan fingerprint density at radius 3 is 2.50 bits per heavy atom. The van der Waals surface area contributed by atoms with Crippen LogP contribution in [0.2, 0.25) is 0 Å². The molecule has 0 aromatic carbocycles. The Balaban J connectivity index is 2.21. The largest absolute Gasteiger partial charge is 0.374 e. The first kappa shape index (κ1) is 16.6. The number of aromatic nitrogens is 3. The molecule has 0 spiro atoms. The lowest BCUT2D eigenvalue weighted by atomic mass is 10.4. The number of ether oxygens (including phenoxy) is 1. The number of hydrogen-bond donors (Lipinski definition) is 0. The van der Waals surface area contributed by atoms with Gasteiger partial charge in [0, 0.05) is 14.2 Å². The second kappa shape index (κ2) is 6.15. The van der Waals surface area contributed by atoms with E-state index in [4.69, 9.17) is 13.8 Å². The predicted molar refractivity (Wildman–Crippen MR) is 74.4 cm³/mol. The molecule has 0 fully saturated rings. The molecule has 0 saturated carbocycles. The van der Waals surface area contributed by atoms with E-state index in [9.17, 15) is 8.42 Å². The average Bonchev–Trinajstić information content (AvgIpc) is 3.05. The van der Waals surface area contributed by atoms with Gasteiger partial charge in [-0.1, -0.05) is 10.3 Å². The van der Waals surface area contributed by atoms with Gasteiger partial charge in [-0.05, 0) is 20.8 Å². The van der Waals surface area contributed by atoms with Crippen molar-refractivity contribution in [3.05, 3.63) is 23.2 Å². The van der Waals surface area contributed by atoms with Crippen LogP contribution in [0.15, 0.2) is 13.9 Å². The SMILES string of the molecule is CO[C@@H](C)c1noc(CN(C)S(=O)(=O)c2c(C)noc2C)n1. The molecule has 0 amide bonds. The molecule has 0 radical (unpaired) electrons. The molecule has 2 aromatic rings. The Hall–Kier alpha value is -1.78. The second-order valence-electron chi connectivity index (χ2n) is 4.84. The molecular formula is C12H18N4O5S. The zero-order chi connectivity index (χ0) is 16.5. The summed E-state index contributed by atoms with van der Waals surface area (Å²) in [5, 5.41) is 7.42. The van der Waals surface area contributed by atoms with E-state index < -0.39 is 10.0 Å². The fourth-order valence-electron chi connectivity index (χ4n) is 1.88. The molecule has 0 aliphatic carbocycles. The monoisotopic (exact) mass is 330 g/mol. The predicted octanol–water partition coefficient (Wildman–Crippen LogP) is 1.20. The molecule has 1 atom stereocenters. The number of methoxy groups -OCH3 is 1. The van der Waals surface area contributed by atoms with E-state index in [1.54, 1.807) is 20.8 Å². The quantitative estimate of drug-likeness (QED) is 0.776. The standard InChI is InChI=1S/C12H18N4O5S/c1-7-11(8(2)20-14-7)22(17,18)16(4)6-10-13-12(15-21-10)9(3)19-5/h9H,6H2,1-5H3/t9-/m0/s1. The summed E-state index contributed by atoms with van der Waals surface area (Å²) in [5.41, 5.74) is 0.309. The van der Waals surface area contributed by atoms with Crippen LogP contribution in [0.25, 0.3) is 0 Å². The lowest BCUT2D eigenvalue weighted by Crippen LogP contribution is -2.27. The van der Waals surface area contributed by atoms with Crippen LogP contribution in [0, 0.1) is 13.8 Å². The van der Waals surface area contributed by atoms with Gasteiger partial charge in [0.25, 0.3) is 0 Å². The number of rotatable bonds is 6. The van der Waals surface area contributed by atoms with Crippen molar-refractivity contribution in [3.63, 3.8) is 0 Å². The fraction of sp³-hybridized carbons (Fsp3) is 0.583. The minimum atomic E-state index is -3.75. The lowest BCUT2D eigenvalue weighted by molar-refractivity contribution is 0.109. The summed E-state index contributed by atoms with van der Waals surface area (Å²) in [6.07, 6.45) is -0.332. The highest BCUT2D eigenvalue weighted by Gasteiger charge is 2.30. The van der Waals surface area contributed by atoms with Crippen LogP contribution in [-0.2, 0) is 21.3 Å². The first-order chi connectivity index (χ1) is 10.3. The maximum atomic E-state index is 12.5. The zero-order valence-electron chi connectivity index (χ0n) is 13.0. The minimum Gasteiger partial charge on any atom is -0.374 e. The average molecular weight is 330 g/mol. The highest BCUT2D eigenvalue weighted by Crippen LogP contribution is 2.23. The Kier molecular flexibility index (Phi) is 4.63. The molecule has 0 bridgehead atoms. The molecule has 0 saturated heterocycles. The van der Waals surface area contributed by atoms with Crippen molar-refractivity contribution in [2.24, 2.45) is 0 Å². The summed E-state index contributed by atoms with van der Waals surface area (Å²) < 4.78 is 41.2. The van der Waals surface area contributed by atoms with Crippen molar-refractivity contribution in [3.8, 4) is 0 Å². The maximum Gasteiger partial charge on any atom is 0.248 e. The summed E-state index contributed by atoms with van der Waals surface area (Å²) >= 11 is 0. The molecule has 2 aromatic heterocycles. The maximum absolute atomic E-state index is 12.5. The number of hydrogen-bond acceptors (Lipinski definition) is 8. The Labute approximate surface area is 128 Å². The van der Waals surface area contributed by atoms with Gasteiger partial charge in [-0.3, -0.25) is 0 Å². The summed E-state index contributed by atoms with van der Waals surface area (Å²) in [6, 6.07) is 0. The van der Waals surface area contributed by atoms with Crippen molar-refractivity contribution >= 4 is 10.0 Å². The van der Waals surface area contributed by atoms with Gasteiger partial charge in [0.2, 0.25) is 15.9 Å². The van der Waals surface area contributed by atoms with E-state index in [2.05, 4.69) is 15.3 Å². The van der Waals surface area contributed by atoms with Crippen molar-refractivity contribution < 1.29 is 22.2 Å².